The highest BCUT2D eigenvalue weighted by atomic mass is 16.3. The molecule has 0 aliphatic heterocycles. The van der Waals surface area contributed by atoms with Gasteiger partial charge in [0.1, 0.15) is 0 Å². The second-order valence-corrected chi connectivity index (χ2v) is 4.14. The van der Waals surface area contributed by atoms with E-state index >= 15 is 0 Å². The molecule has 0 radical (unpaired) electrons. The number of aromatic nitrogens is 1. The van der Waals surface area contributed by atoms with E-state index in [1.54, 1.807) is 0 Å². The van der Waals surface area contributed by atoms with Crippen molar-refractivity contribution >= 4 is 10.9 Å². The Labute approximate surface area is 95.3 Å². The summed E-state index contributed by atoms with van der Waals surface area (Å²) in [5.74, 6) is 0. The Kier molecular flexibility index (Phi) is 3.59. The van der Waals surface area contributed by atoms with Crippen LogP contribution in [-0.4, -0.2) is 22.7 Å². The number of aryl methyl sites for hydroxylation is 1. The van der Waals surface area contributed by atoms with Crippen molar-refractivity contribution in [3.63, 3.8) is 0 Å². The molecule has 2 rings (SSSR count). The first-order valence-corrected chi connectivity index (χ1v) is 5.74. The molecule has 0 saturated carbocycles. The molecule has 4 N–H and O–H groups in total. The Morgan fingerprint density at radius 2 is 2.12 bits per heavy atom. The lowest BCUT2D eigenvalue weighted by Gasteiger charge is -2.06. The Morgan fingerprint density at radius 1 is 1.31 bits per heavy atom. The first-order valence-electron chi connectivity index (χ1n) is 5.74. The summed E-state index contributed by atoms with van der Waals surface area (Å²) in [5.41, 5.74) is 7.86. The summed E-state index contributed by atoms with van der Waals surface area (Å²) in [4.78, 5) is 3.25. The summed E-state index contributed by atoms with van der Waals surface area (Å²) in [5, 5.41) is 10.6. The van der Waals surface area contributed by atoms with Crippen molar-refractivity contribution in [3.05, 3.63) is 36.0 Å². The number of hydrogen-bond donors (Lipinski definition) is 3. The van der Waals surface area contributed by atoms with Crippen molar-refractivity contribution in [2.75, 3.05) is 6.54 Å². The molecule has 86 valence electrons. The van der Waals surface area contributed by atoms with Gasteiger partial charge in [-0.15, -0.1) is 0 Å². The number of fused-ring (bicyclic) bond motifs is 1. The zero-order chi connectivity index (χ0) is 11.4. The fourth-order valence-corrected chi connectivity index (χ4v) is 1.98. The Balaban J connectivity index is 1.99. The molecule has 0 bridgehead atoms. The highest BCUT2D eigenvalue weighted by Gasteiger charge is 2.04. The van der Waals surface area contributed by atoms with Gasteiger partial charge in [-0.2, -0.15) is 0 Å². The van der Waals surface area contributed by atoms with E-state index in [1.807, 2.05) is 6.07 Å². The Morgan fingerprint density at radius 3 is 2.94 bits per heavy atom. The van der Waals surface area contributed by atoms with Crippen LogP contribution in [0.3, 0.4) is 0 Å². The van der Waals surface area contributed by atoms with Crippen LogP contribution < -0.4 is 5.73 Å². The number of aliphatic hydroxyl groups is 1. The quantitative estimate of drug-likeness (QED) is 0.716. The molecule has 0 fully saturated rings. The number of hydrogen-bond acceptors (Lipinski definition) is 2. The lowest BCUT2D eigenvalue weighted by molar-refractivity contribution is 0.170. The van der Waals surface area contributed by atoms with Gasteiger partial charge in [0.15, 0.2) is 0 Å². The molecule has 16 heavy (non-hydrogen) atoms. The molecule has 0 amide bonds. The van der Waals surface area contributed by atoms with Crippen LogP contribution in [0.25, 0.3) is 10.9 Å². The van der Waals surface area contributed by atoms with Gasteiger partial charge in [0, 0.05) is 23.6 Å². The molecule has 1 aromatic heterocycles. The number of H-pyrrole nitrogens is 1. The van der Waals surface area contributed by atoms with E-state index in [-0.39, 0.29) is 6.10 Å². The van der Waals surface area contributed by atoms with Crippen LogP contribution in [0, 0.1) is 0 Å². The van der Waals surface area contributed by atoms with Gasteiger partial charge >= 0.3 is 0 Å². The molecule has 0 aliphatic carbocycles. The van der Waals surface area contributed by atoms with Crippen LogP contribution in [0.1, 0.15) is 18.4 Å². The van der Waals surface area contributed by atoms with Crippen molar-refractivity contribution in [1.29, 1.82) is 0 Å². The fourth-order valence-electron chi connectivity index (χ4n) is 1.98. The number of benzene rings is 1. The van der Waals surface area contributed by atoms with Gasteiger partial charge in [-0.1, -0.05) is 18.2 Å². The average Bonchev–Trinajstić information content (AvgIpc) is 2.73. The largest absolute Gasteiger partial charge is 0.392 e. The first-order chi connectivity index (χ1) is 7.81. The third kappa shape index (κ3) is 2.43. The van der Waals surface area contributed by atoms with Crippen LogP contribution in [0.5, 0.6) is 0 Å². The van der Waals surface area contributed by atoms with E-state index in [1.165, 1.54) is 16.5 Å². The summed E-state index contributed by atoms with van der Waals surface area (Å²) in [6, 6.07) is 8.28. The molecule has 1 unspecified atom stereocenters. The van der Waals surface area contributed by atoms with Gasteiger partial charge in [-0.25, -0.2) is 0 Å². The van der Waals surface area contributed by atoms with Crippen molar-refractivity contribution in [2.45, 2.75) is 25.4 Å². The van der Waals surface area contributed by atoms with Crippen LogP contribution in [0.15, 0.2) is 30.5 Å². The first kappa shape index (κ1) is 11.2. The zero-order valence-corrected chi connectivity index (χ0v) is 9.32. The number of aliphatic hydroxyl groups excluding tert-OH is 1. The van der Waals surface area contributed by atoms with Crippen molar-refractivity contribution in [2.24, 2.45) is 5.73 Å². The van der Waals surface area contributed by atoms with Gasteiger partial charge in [0.2, 0.25) is 0 Å². The molecular weight excluding hydrogens is 200 g/mol. The van der Waals surface area contributed by atoms with E-state index < -0.39 is 0 Å². The molecule has 1 heterocycles. The Bertz CT molecular complexity index is 450. The number of nitrogens with one attached hydrogen (secondary N) is 1. The molecular formula is C13H18N2O. The minimum Gasteiger partial charge on any atom is -0.392 e. The maximum atomic E-state index is 9.37. The second kappa shape index (κ2) is 5.14. The normalized spacial score (nSPS) is 13.1. The molecule has 2 aromatic rings. The third-order valence-electron chi connectivity index (χ3n) is 2.93. The molecule has 3 heteroatoms. The number of nitrogens with two attached hydrogens (primary N) is 1. The zero-order valence-electron chi connectivity index (χ0n) is 9.32. The van der Waals surface area contributed by atoms with E-state index in [0.29, 0.717) is 6.54 Å². The topological polar surface area (TPSA) is 62.0 Å². The standard InChI is InChI=1S/C13H18N2O/c14-8-11(16)5-3-4-10-9-15-13-7-2-1-6-12(10)13/h1-2,6-7,9,11,15-16H,3-5,8,14H2. The molecule has 1 atom stereocenters. The molecule has 3 nitrogen and oxygen atoms in total. The van der Waals surface area contributed by atoms with Crippen molar-refractivity contribution in [1.82, 2.24) is 4.98 Å². The van der Waals surface area contributed by atoms with Gasteiger partial charge in [0.25, 0.3) is 0 Å². The fraction of sp³-hybridized carbons (Fsp3) is 0.385. The van der Waals surface area contributed by atoms with E-state index in [4.69, 9.17) is 5.73 Å². The van der Waals surface area contributed by atoms with Crippen molar-refractivity contribution < 1.29 is 5.11 Å². The maximum Gasteiger partial charge on any atom is 0.0662 e. The number of aromatic amines is 1. The number of para-hydroxylation sites is 1. The highest BCUT2D eigenvalue weighted by molar-refractivity contribution is 5.82. The predicted octanol–water partition coefficient (Wildman–Crippen LogP) is 1.81. The minimum absolute atomic E-state index is 0.355. The molecule has 1 aromatic carbocycles. The van der Waals surface area contributed by atoms with Crippen molar-refractivity contribution in [3.8, 4) is 0 Å². The summed E-state index contributed by atoms with van der Waals surface area (Å²) in [6.07, 6.45) is 4.43. The molecule has 0 saturated heterocycles. The summed E-state index contributed by atoms with van der Waals surface area (Å²) in [6.45, 7) is 0.355. The third-order valence-corrected chi connectivity index (χ3v) is 2.93. The van der Waals surface area contributed by atoms with Gasteiger partial charge < -0.3 is 15.8 Å². The van der Waals surface area contributed by atoms with Crippen LogP contribution in [0.2, 0.25) is 0 Å². The van der Waals surface area contributed by atoms with Gasteiger partial charge in [-0.3, -0.25) is 0 Å². The monoisotopic (exact) mass is 218 g/mol. The Hall–Kier alpha value is -1.32. The predicted molar refractivity (Wildman–Crippen MR) is 66.3 cm³/mol. The van der Waals surface area contributed by atoms with E-state index in [9.17, 15) is 5.11 Å². The summed E-state index contributed by atoms with van der Waals surface area (Å²) in [7, 11) is 0. The summed E-state index contributed by atoms with van der Waals surface area (Å²) < 4.78 is 0. The van der Waals surface area contributed by atoms with E-state index in [0.717, 1.165) is 19.3 Å². The average molecular weight is 218 g/mol. The van der Waals surface area contributed by atoms with Crippen LogP contribution in [-0.2, 0) is 6.42 Å². The second-order valence-electron chi connectivity index (χ2n) is 4.14. The lowest BCUT2D eigenvalue weighted by atomic mass is 10.1. The SMILES string of the molecule is NCC(O)CCCc1c[nH]c2ccccc12. The molecule has 0 aliphatic rings. The van der Waals surface area contributed by atoms with Crippen LogP contribution in [0.4, 0.5) is 0 Å². The highest BCUT2D eigenvalue weighted by Crippen LogP contribution is 2.19. The smallest absolute Gasteiger partial charge is 0.0662 e. The van der Waals surface area contributed by atoms with Gasteiger partial charge in [-0.05, 0) is 30.9 Å². The molecule has 0 spiro atoms. The van der Waals surface area contributed by atoms with Gasteiger partial charge in [0.05, 0.1) is 6.10 Å². The lowest BCUT2D eigenvalue weighted by Crippen LogP contribution is -2.19. The van der Waals surface area contributed by atoms with Crippen LogP contribution >= 0.6 is 0 Å². The minimum atomic E-state index is -0.356. The summed E-state index contributed by atoms with van der Waals surface area (Å²) >= 11 is 0. The van der Waals surface area contributed by atoms with E-state index in [2.05, 4.69) is 29.4 Å². The number of rotatable bonds is 5. The maximum absolute atomic E-state index is 9.37.